The van der Waals surface area contributed by atoms with Crippen LogP contribution in [0.3, 0.4) is 0 Å². The largest absolute Gasteiger partial charge is 0.341 e. The van der Waals surface area contributed by atoms with E-state index in [1.54, 1.807) is 17.1 Å². The van der Waals surface area contributed by atoms with E-state index in [-0.39, 0.29) is 17.9 Å². The first kappa shape index (κ1) is 18.2. The number of H-pyrrole nitrogens is 1. The molecule has 1 atom stereocenters. The zero-order valence-electron chi connectivity index (χ0n) is 15.4. The summed E-state index contributed by atoms with van der Waals surface area (Å²) in [6, 6.07) is -0.327. The highest BCUT2D eigenvalue weighted by Crippen LogP contribution is 2.14. The van der Waals surface area contributed by atoms with E-state index in [1.807, 2.05) is 36.0 Å². The zero-order chi connectivity index (χ0) is 18.5. The minimum Gasteiger partial charge on any atom is -0.341 e. The molecular formula is C18H26N6O2. The Balaban J connectivity index is 1.52. The highest BCUT2D eigenvalue weighted by atomic mass is 16.2. The van der Waals surface area contributed by atoms with Crippen LogP contribution >= 0.6 is 0 Å². The van der Waals surface area contributed by atoms with E-state index < -0.39 is 0 Å². The number of aromatic nitrogens is 4. The van der Waals surface area contributed by atoms with Gasteiger partial charge in [0.1, 0.15) is 6.04 Å². The van der Waals surface area contributed by atoms with E-state index in [2.05, 4.69) is 15.3 Å². The second-order valence-electron chi connectivity index (χ2n) is 6.84. The molecule has 3 heterocycles. The third kappa shape index (κ3) is 4.30. The minimum absolute atomic E-state index is 0.0563. The van der Waals surface area contributed by atoms with Gasteiger partial charge in [-0.05, 0) is 37.8 Å². The van der Waals surface area contributed by atoms with Crippen LogP contribution < -0.4 is 0 Å². The van der Waals surface area contributed by atoms with Crippen LogP contribution in [0, 0.1) is 6.92 Å². The van der Waals surface area contributed by atoms with Gasteiger partial charge in [-0.2, -0.15) is 10.2 Å². The van der Waals surface area contributed by atoms with Gasteiger partial charge in [-0.1, -0.05) is 0 Å². The Morgan fingerprint density at radius 1 is 1.19 bits per heavy atom. The van der Waals surface area contributed by atoms with Crippen molar-refractivity contribution < 1.29 is 9.59 Å². The fraction of sp³-hybridized carbons (Fsp3) is 0.556. The van der Waals surface area contributed by atoms with E-state index in [1.165, 1.54) is 0 Å². The lowest BCUT2D eigenvalue weighted by Crippen LogP contribution is -2.40. The minimum atomic E-state index is -0.327. The summed E-state index contributed by atoms with van der Waals surface area (Å²) in [5.41, 5.74) is 2.07. The van der Waals surface area contributed by atoms with Gasteiger partial charge in [-0.3, -0.25) is 19.4 Å². The number of rotatable bonds is 5. The number of amides is 2. The molecule has 140 valence electrons. The molecule has 0 saturated carbocycles. The van der Waals surface area contributed by atoms with Crippen LogP contribution in [-0.2, 0) is 16.0 Å². The number of aryl methyl sites for hydroxylation is 2. The highest BCUT2D eigenvalue weighted by Gasteiger charge is 2.26. The van der Waals surface area contributed by atoms with Crippen LogP contribution in [0.4, 0.5) is 0 Å². The van der Waals surface area contributed by atoms with Crippen molar-refractivity contribution in [3.05, 3.63) is 35.9 Å². The van der Waals surface area contributed by atoms with E-state index in [9.17, 15) is 9.59 Å². The first-order chi connectivity index (χ1) is 12.5. The zero-order valence-corrected chi connectivity index (χ0v) is 15.4. The SMILES string of the molecule is Cc1cnn(C(C)C(=O)N2CCCN(C(=O)CCc3cn[nH]c3)CC2)c1. The molecule has 8 nitrogen and oxygen atoms in total. The topological polar surface area (TPSA) is 87.1 Å². The van der Waals surface area contributed by atoms with Crippen molar-refractivity contribution in [2.75, 3.05) is 26.2 Å². The smallest absolute Gasteiger partial charge is 0.247 e. The Morgan fingerprint density at radius 3 is 2.65 bits per heavy atom. The molecule has 2 aromatic rings. The molecule has 2 amide bonds. The summed E-state index contributed by atoms with van der Waals surface area (Å²) in [7, 11) is 0. The van der Waals surface area contributed by atoms with Crippen molar-refractivity contribution in [2.45, 2.75) is 39.2 Å². The lowest BCUT2D eigenvalue weighted by Gasteiger charge is -2.25. The van der Waals surface area contributed by atoms with Gasteiger partial charge in [-0.25, -0.2) is 0 Å². The maximum Gasteiger partial charge on any atom is 0.247 e. The number of hydrogen-bond acceptors (Lipinski definition) is 4. The summed E-state index contributed by atoms with van der Waals surface area (Å²) in [5, 5.41) is 10.9. The summed E-state index contributed by atoms with van der Waals surface area (Å²) >= 11 is 0. The lowest BCUT2D eigenvalue weighted by atomic mass is 10.2. The Bertz CT molecular complexity index is 739. The van der Waals surface area contributed by atoms with Gasteiger partial charge in [0.25, 0.3) is 0 Å². The molecule has 1 fully saturated rings. The van der Waals surface area contributed by atoms with Crippen molar-refractivity contribution in [1.82, 2.24) is 29.8 Å². The van der Waals surface area contributed by atoms with Gasteiger partial charge in [0.05, 0.1) is 12.4 Å². The molecule has 0 aliphatic carbocycles. The first-order valence-corrected chi connectivity index (χ1v) is 9.09. The van der Waals surface area contributed by atoms with Gasteiger partial charge < -0.3 is 9.80 Å². The maximum absolute atomic E-state index is 12.8. The molecule has 1 N–H and O–H groups in total. The van der Waals surface area contributed by atoms with Gasteiger partial charge in [0.15, 0.2) is 0 Å². The molecule has 3 rings (SSSR count). The summed E-state index contributed by atoms with van der Waals surface area (Å²) in [6.45, 7) is 6.35. The van der Waals surface area contributed by atoms with Gasteiger partial charge in [0.2, 0.25) is 11.8 Å². The Hall–Kier alpha value is -2.64. The molecule has 1 aliphatic rings. The van der Waals surface area contributed by atoms with E-state index in [0.29, 0.717) is 39.0 Å². The van der Waals surface area contributed by atoms with Gasteiger partial charge in [-0.15, -0.1) is 0 Å². The maximum atomic E-state index is 12.8. The van der Waals surface area contributed by atoms with Gasteiger partial charge in [0, 0.05) is 45.0 Å². The third-order valence-corrected chi connectivity index (χ3v) is 4.83. The van der Waals surface area contributed by atoms with E-state index in [4.69, 9.17) is 0 Å². The fourth-order valence-corrected chi connectivity index (χ4v) is 3.23. The molecule has 0 bridgehead atoms. The molecule has 0 spiro atoms. The van der Waals surface area contributed by atoms with Crippen molar-refractivity contribution in [3.8, 4) is 0 Å². The van der Waals surface area contributed by atoms with Gasteiger partial charge >= 0.3 is 0 Å². The predicted octanol–water partition coefficient (Wildman–Crippen LogP) is 1.17. The van der Waals surface area contributed by atoms with Crippen molar-refractivity contribution >= 4 is 11.8 Å². The monoisotopic (exact) mass is 358 g/mol. The second-order valence-corrected chi connectivity index (χ2v) is 6.84. The predicted molar refractivity (Wildman–Crippen MR) is 96.4 cm³/mol. The highest BCUT2D eigenvalue weighted by molar-refractivity contribution is 5.80. The van der Waals surface area contributed by atoms with Crippen molar-refractivity contribution in [3.63, 3.8) is 0 Å². The number of nitrogens with one attached hydrogen (secondary N) is 1. The lowest BCUT2D eigenvalue weighted by molar-refractivity contribution is -0.135. The summed E-state index contributed by atoms with van der Waals surface area (Å²) in [5.74, 6) is 0.192. The van der Waals surface area contributed by atoms with Crippen LogP contribution in [0.1, 0.15) is 36.9 Å². The molecule has 1 unspecified atom stereocenters. The molecule has 0 radical (unpaired) electrons. The van der Waals surface area contributed by atoms with Crippen molar-refractivity contribution in [2.24, 2.45) is 0 Å². The number of carbonyl (C=O) groups excluding carboxylic acids is 2. The first-order valence-electron chi connectivity index (χ1n) is 9.09. The molecule has 2 aromatic heterocycles. The molecular weight excluding hydrogens is 332 g/mol. The number of aromatic amines is 1. The molecule has 1 aliphatic heterocycles. The molecule has 0 aromatic carbocycles. The Kier molecular flexibility index (Phi) is 5.70. The van der Waals surface area contributed by atoms with E-state index >= 15 is 0 Å². The number of nitrogens with zero attached hydrogens (tertiary/aromatic N) is 5. The van der Waals surface area contributed by atoms with Crippen LogP contribution in [0.15, 0.2) is 24.8 Å². The van der Waals surface area contributed by atoms with E-state index in [0.717, 1.165) is 17.5 Å². The number of carbonyl (C=O) groups is 2. The third-order valence-electron chi connectivity index (χ3n) is 4.83. The average Bonchev–Trinajstić information content (AvgIpc) is 3.24. The normalized spacial score (nSPS) is 16.4. The summed E-state index contributed by atoms with van der Waals surface area (Å²) in [4.78, 5) is 29.0. The molecule has 1 saturated heterocycles. The number of hydrogen-bond donors (Lipinski definition) is 1. The summed E-state index contributed by atoms with van der Waals surface area (Å²) in [6.07, 6.45) is 9.15. The van der Waals surface area contributed by atoms with Crippen LogP contribution in [0.2, 0.25) is 0 Å². The van der Waals surface area contributed by atoms with Crippen LogP contribution in [0.25, 0.3) is 0 Å². The average molecular weight is 358 g/mol. The fourth-order valence-electron chi connectivity index (χ4n) is 3.23. The molecule has 8 heteroatoms. The standard InChI is InChI=1S/C18H26N6O2/c1-14-10-21-24(13-14)15(2)18(26)23-7-3-6-22(8-9-23)17(25)5-4-16-11-19-20-12-16/h10-13,15H,3-9H2,1-2H3,(H,19,20). The summed E-state index contributed by atoms with van der Waals surface area (Å²) < 4.78 is 1.70. The van der Waals surface area contributed by atoms with Crippen LogP contribution in [-0.4, -0.2) is 67.8 Å². The Labute approximate surface area is 153 Å². The van der Waals surface area contributed by atoms with Crippen LogP contribution in [0.5, 0.6) is 0 Å². The molecule has 26 heavy (non-hydrogen) atoms. The Morgan fingerprint density at radius 2 is 1.96 bits per heavy atom. The van der Waals surface area contributed by atoms with Crippen molar-refractivity contribution in [1.29, 1.82) is 0 Å². The second kappa shape index (κ2) is 8.16. The quantitative estimate of drug-likeness (QED) is 0.869.